The molecule has 11 heteroatoms. The molecule has 1 N–H and O–H groups in total. The molecule has 0 aromatic heterocycles. The maximum Gasteiger partial charge on any atom is 0.247 e. The number of unbranched alkanes of at least 4 members (excludes halogenated alkanes) is 1. The number of thioether (sulfide) groups is 1. The normalized spacial score (nSPS) is 27.3. The first-order valence-electron chi connectivity index (χ1n) is 16.3. The molecule has 45 heavy (non-hydrogen) atoms. The third-order valence-corrected chi connectivity index (χ3v) is 11.6. The fourth-order valence-electron chi connectivity index (χ4n) is 7.58. The molecule has 246 valence electrons. The highest BCUT2D eigenvalue weighted by molar-refractivity contribution is 8.02. The lowest BCUT2D eigenvalue weighted by atomic mass is 9.70. The van der Waals surface area contributed by atoms with Crippen molar-refractivity contribution in [1.29, 1.82) is 0 Å². The van der Waals surface area contributed by atoms with Gasteiger partial charge in [-0.3, -0.25) is 19.3 Å². The molecule has 1 aromatic rings. The zero-order valence-electron chi connectivity index (χ0n) is 26.5. The minimum absolute atomic E-state index is 0.0217. The van der Waals surface area contributed by atoms with E-state index in [0.29, 0.717) is 65.3 Å². The molecule has 5 rings (SSSR count). The van der Waals surface area contributed by atoms with Crippen molar-refractivity contribution in [3.63, 3.8) is 0 Å². The maximum absolute atomic E-state index is 14.6. The van der Waals surface area contributed by atoms with E-state index in [1.54, 1.807) is 33.7 Å². The number of hydrogen-bond acceptors (Lipinski definition) is 8. The predicted molar refractivity (Wildman–Crippen MR) is 176 cm³/mol. The van der Waals surface area contributed by atoms with E-state index in [-0.39, 0.29) is 29.6 Å². The van der Waals surface area contributed by atoms with Gasteiger partial charge in [0.2, 0.25) is 17.7 Å². The summed E-state index contributed by atoms with van der Waals surface area (Å²) >= 11 is 1.69. The highest BCUT2D eigenvalue weighted by Gasteiger charge is 2.74. The van der Waals surface area contributed by atoms with Crippen molar-refractivity contribution in [1.82, 2.24) is 14.7 Å². The average Bonchev–Trinajstić information content (AvgIpc) is 3.70. The molecule has 4 saturated heterocycles. The van der Waals surface area contributed by atoms with Crippen LogP contribution in [0.3, 0.4) is 0 Å². The Morgan fingerprint density at radius 2 is 1.84 bits per heavy atom. The number of carbonyl (C=O) groups is 3. The van der Waals surface area contributed by atoms with Gasteiger partial charge in [-0.2, -0.15) is 0 Å². The maximum atomic E-state index is 14.6. The molecule has 0 aliphatic carbocycles. The van der Waals surface area contributed by atoms with Crippen LogP contribution in [0.25, 0.3) is 0 Å². The molecular weight excluding hydrogens is 592 g/mol. The fraction of sp³-hybridized carbons (Fsp3) is 0.618. The first kappa shape index (κ1) is 33.5. The second-order valence-corrected chi connectivity index (χ2v) is 13.8. The number of benzene rings is 1. The molecular formula is C34H48N4O6S. The van der Waals surface area contributed by atoms with E-state index in [9.17, 15) is 19.5 Å². The predicted octanol–water partition coefficient (Wildman–Crippen LogP) is 2.81. The smallest absolute Gasteiger partial charge is 0.247 e. The number of anilines is 1. The van der Waals surface area contributed by atoms with Crippen LogP contribution in [0, 0.1) is 11.8 Å². The summed E-state index contributed by atoms with van der Waals surface area (Å²) in [5.41, 5.74) is 0.725. The summed E-state index contributed by atoms with van der Waals surface area (Å²) in [5, 5.41) is 9.46. The van der Waals surface area contributed by atoms with Crippen molar-refractivity contribution in [2.45, 2.75) is 48.6 Å². The van der Waals surface area contributed by atoms with Gasteiger partial charge in [0.15, 0.2) is 0 Å². The molecule has 4 aliphatic rings. The minimum Gasteiger partial charge on any atom is -0.494 e. The van der Waals surface area contributed by atoms with E-state index >= 15 is 0 Å². The highest BCUT2D eigenvalue weighted by Crippen LogP contribution is 2.66. The number of carbonyl (C=O) groups excluding carboxylic acids is 3. The van der Waals surface area contributed by atoms with E-state index in [4.69, 9.17) is 9.47 Å². The summed E-state index contributed by atoms with van der Waals surface area (Å²) in [5.74, 6) is -0.686. The van der Waals surface area contributed by atoms with Crippen LogP contribution in [0.15, 0.2) is 49.6 Å². The lowest BCUT2D eigenvalue weighted by Crippen LogP contribution is -2.56. The van der Waals surface area contributed by atoms with Crippen LogP contribution in [0.1, 0.15) is 32.6 Å². The van der Waals surface area contributed by atoms with Crippen molar-refractivity contribution in [2.75, 3.05) is 77.1 Å². The van der Waals surface area contributed by atoms with Crippen LogP contribution in [0.5, 0.6) is 5.75 Å². The molecule has 2 bridgehead atoms. The van der Waals surface area contributed by atoms with Gasteiger partial charge in [-0.05, 0) is 56.9 Å². The zero-order valence-corrected chi connectivity index (χ0v) is 27.3. The quantitative estimate of drug-likeness (QED) is 0.218. The Kier molecular flexibility index (Phi) is 11.3. The number of amides is 3. The van der Waals surface area contributed by atoms with Crippen LogP contribution < -0.4 is 9.64 Å². The van der Waals surface area contributed by atoms with Crippen LogP contribution in [-0.2, 0) is 19.1 Å². The molecule has 4 fully saturated rings. The van der Waals surface area contributed by atoms with Gasteiger partial charge in [-0.1, -0.05) is 12.2 Å². The van der Waals surface area contributed by atoms with Gasteiger partial charge in [-0.25, -0.2) is 0 Å². The Bertz CT molecular complexity index is 1220. The van der Waals surface area contributed by atoms with Gasteiger partial charge in [0.1, 0.15) is 11.8 Å². The number of morpholine rings is 1. The first-order valence-corrected chi connectivity index (χ1v) is 17.2. The fourth-order valence-corrected chi connectivity index (χ4v) is 9.78. The van der Waals surface area contributed by atoms with Crippen LogP contribution in [-0.4, -0.2) is 126 Å². The third kappa shape index (κ3) is 6.68. The topological polar surface area (TPSA) is 103 Å². The van der Waals surface area contributed by atoms with E-state index < -0.39 is 22.6 Å². The number of nitrogens with zero attached hydrogens (tertiary/aromatic N) is 4. The van der Waals surface area contributed by atoms with Crippen LogP contribution in [0.2, 0.25) is 0 Å². The highest BCUT2D eigenvalue weighted by atomic mass is 32.2. The molecule has 4 heterocycles. The summed E-state index contributed by atoms with van der Waals surface area (Å²) in [6, 6.07) is 6.78. The molecule has 3 amide bonds. The lowest BCUT2D eigenvalue weighted by Gasteiger charge is -2.38. The van der Waals surface area contributed by atoms with Crippen LogP contribution >= 0.6 is 11.8 Å². The Morgan fingerprint density at radius 3 is 2.51 bits per heavy atom. The molecule has 5 atom stereocenters. The van der Waals surface area contributed by atoms with Gasteiger partial charge in [0, 0.05) is 63.4 Å². The van der Waals surface area contributed by atoms with Gasteiger partial charge < -0.3 is 29.3 Å². The number of ether oxygens (including phenoxy) is 2. The van der Waals surface area contributed by atoms with E-state index in [1.807, 2.05) is 36.1 Å². The number of hydrogen-bond donors (Lipinski definition) is 1. The third-order valence-electron chi connectivity index (χ3n) is 9.61. The second kappa shape index (κ2) is 15.2. The van der Waals surface area contributed by atoms with Crippen molar-refractivity contribution < 1.29 is 29.0 Å². The van der Waals surface area contributed by atoms with Crippen molar-refractivity contribution in [3.05, 3.63) is 49.6 Å². The van der Waals surface area contributed by atoms with Crippen molar-refractivity contribution >= 4 is 35.2 Å². The Morgan fingerprint density at radius 1 is 1.11 bits per heavy atom. The number of aliphatic hydroxyl groups excluding tert-OH is 1. The number of likely N-dealkylation sites (tertiary alicyclic amines) is 1. The summed E-state index contributed by atoms with van der Waals surface area (Å²) in [4.78, 5) is 51.1. The summed E-state index contributed by atoms with van der Waals surface area (Å²) < 4.78 is 10.4. The van der Waals surface area contributed by atoms with Crippen molar-refractivity contribution in [3.8, 4) is 5.75 Å². The number of aliphatic hydroxyl groups is 1. The molecule has 10 nitrogen and oxygen atoms in total. The van der Waals surface area contributed by atoms with E-state index in [0.717, 1.165) is 37.5 Å². The van der Waals surface area contributed by atoms with Crippen LogP contribution in [0.4, 0.5) is 5.69 Å². The Hall–Kier alpha value is -2.86. The summed E-state index contributed by atoms with van der Waals surface area (Å²) in [6.45, 7) is 15.7. The van der Waals surface area contributed by atoms with Crippen molar-refractivity contribution in [2.24, 2.45) is 11.8 Å². The van der Waals surface area contributed by atoms with Gasteiger partial charge in [-0.15, -0.1) is 24.9 Å². The lowest BCUT2D eigenvalue weighted by molar-refractivity contribution is -0.142. The molecule has 1 aromatic carbocycles. The number of fused-ring (bicyclic) bond motifs is 1. The van der Waals surface area contributed by atoms with Gasteiger partial charge in [0.05, 0.1) is 36.4 Å². The Balaban J connectivity index is 1.44. The van der Waals surface area contributed by atoms with E-state index in [1.165, 1.54) is 0 Å². The molecule has 0 saturated carbocycles. The average molecular weight is 641 g/mol. The first-order chi connectivity index (χ1) is 21.9. The summed E-state index contributed by atoms with van der Waals surface area (Å²) in [7, 11) is 0. The zero-order chi connectivity index (χ0) is 32.0. The van der Waals surface area contributed by atoms with Gasteiger partial charge in [0.25, 0.3) is 0 Å². The SMILES string of the molecule is C=CCN(CCN1CCOCC1)C(=O)C1N(CCCCO)C(=O)[C@@H]2[C@@H](C(=O)N(CC=C)c3ccc(OCC)cc3)[C@H]3CCC12S3. The molecule has 1 spiro atoms. The summed E-state index contributed by atoms with van der Waals surface area (Å²) in [6.07, 6.45) is 6.07. The Labute approximate surface area is 271 Å². The molecule has 2 unspecified atom stereocenters. The number of rotatable bonds is 16. The van der Waals surface area contributed by atoms with E-state index in [2.05, 4.69) is 18.1 Å². The largest absolute Gasteiger partial charge is 0.494 e. The van der Waals surface area contributed by atoms with Gasteiger partial charge >= 0.3 is 0 Å². The molecule has 0 radical (unpaired) electrons. The second-order valence-electron chi connectivity index (χ2n) is 12.2. The standard InChI is InChI=1S/C34H48N4O6S/c1-4-15-36(19-18-35-20-23-43-24-21-35)33(42)30-34-14-13-27(45-34)28(29(34)32(41)38(30)17-7-8-22-39)31(40)37(16-5-2)25-9-11-26(12-10-25)44-6-3/h4-5,9-12,27-30,39H,1-2,6-8,13-24H2,3H3/t27-,28+,29+,30?,34?/m1/s1. The molecule has 4 aliphatic heterocycles. The minimum atomic E-state index is -0.671. The monoisotopic (exact) mass is 640 g/mol.